The van der Waals surface area contributed by atoms with Crippen molar-refractivity contribution in [2.24, 2.45) is 0 Å². The van der Waals surface area contributed by atoms with Gasteiger partial charge in [-0.1, -0.05) is 48.5 Å². The van der Waals surface area contributed by atoms with Crippen molar-refractivity contribution < 1.29 is 18.0 Å². The van der Waals surface area contributed by atoms with Crippen LogP contribution < -0.4 is 5.32 Å². The Labute approximate surface area is 193 Å². The molecule has 0 bridgehead atoms. The maximum Gasteiger partial charge on any atom is 0.418 e. The minimum Gasteiger partial charge on any atom is -0.340 e. The number of pyridine rings is 2. The van der Waals surface area contributed by atoms with Gasteiger partial charge in [0, 0.05) is 23.3 Å². The Kier molecular flexibility index (Phi) is 5.45. The first-order valence-electron chi connectivity index (χ1n) is 10.6. The number of amides is 1. The first-order valence-corrected chi connectivity index (χ1v) is 10.6. The van der Waals surface area contributed by atoms with Crippen molar-refractivity contribution in [1.82, 2.24) is 15.3 Å². The molecule has 168 valence electrons. The van der Waals surface area contributed by atoms with E-state index in [0.29, 0.717) is 16.6 Å². The normalized spacial score (nSPS) is 12.6. The smallest absolute Gasteiger partial charge is 0.340 e. The maximum atomic E-state index is 13.9. The Hall–Kier alpha value is -4.26. The van der Waals surface area contributed by atoms with E-state index in [2.05, 4.69) is 15.3 Å². The zero-order valence-corrected chi connectivity index (χ0v) is 17.8. The number of carbonyl (C=O) groups is 1. The van der Waals surface area contributed by atoms with Gasteiger partial charge < -0.3 is 5.32 Å². The van der Waals surface area contributed by atoms with Gasteiger partial charge in [0.2, 0.25) is 0 Å². The molecule has 2 aromatic heterocycles. The van der Waals surface area contributed by atoms with E-state index in [4.69, 9.17) is 0 Å². The van der Waals surface area contributed by atoms with Gasteiger partial charge >= 0.3 is 6.18 Å². The summed E-state index contributed by atoms with van der Waals surface area (Å²) in [6.07, 6.45) is -1.72. The summed E-state index contributed by atoms with van der Waals surface area (Å²) < 4.78 is 41.6. The standard InChI is InChI=1S/C27H18F3N3O/c28-27(29,30)22-8-4-14-32-25(22)24(20-11-9-17-5-1-2-6-19(17)15-20)33-26(34)21-12-10-18-7-3-13-31-23(18)16-21/h1-16,24H,(H,33,34)/t24-/m0/s1. The molecule has 0 saturated heterocycles. The van der Waals surface area contributed by atoms with E-state index in [1.807, 2.05) is 36.4 Å². The largest absolute Gasteiger partial charge is 0.418 e. The average molecular weight is 457 g/mol. The fraction of sp³-hybridized carbons (Fsp3) is 0.0741. The lowest BCUT2D eigenvalue weighted by Gasteiger charge is -2.23. The van der Waals surface area contributed by atoms with Gasteiger partial charge in [0.25, 0.3) is 5.91 Å². The number of halogens is 3. The van der Waals surface area contributed by atoms with Crippen LogP contribution in [-0.2, 0) is 6.18 Å². The zero-order valence-electron chi connectivity index (χ0n) is 17.8. The average Bonchev–Trinajstić information content (AvgIpc) is 2.86. The predicted octanol–water partition coefficient (Wildman–Crippen LogP) is 6.32. The van der Waals surface area contributed by atoms with Crippen LogP contribution in [0.15, 0.2) is 97.3 Å². The maximum absolute atomic E-state index is 13.9. The van der Waals surface area contributed by atoms with E-state index in [-0.39, 0.29) is 5.69 Å². The van der Waals surface area contributed by atoms with Gasteiger partial charge in [-0.3, -0.25) is 14.8 Å². The molecule has 0 radical (unpaired) electrons. The fourth-order valence-electron chi connectivity index (χ4n) is 4.01. The molecule has 5 rings (SSSR count). The number of carbonyl (C=O) groups excluding carboxylic acids is 1. The number of nitrogens with zero attached hydrogens (tertiary/aromatic N) is 2. The number of aromatic nitrogens is 2. The molecular weight excluding hydrogens is 439 g/mol. The lowest BCUT2D eigenvalue weighted by atomic mass is 9.96. The Balaban J connectivity index is 1.61. The highest BCUT2D eigenvalue weighted by molar-refractivity contribution is 5.98. The third kappa shape index (κ3) is 4.20. The molecule has 1 amide bonds. The molecule has 1 N–H and O–H groups in total. The Morgan fingerprint density at radius 1 is 0.765 bits per heavy atom. The Bertz CT molecular complexity index is 1510. The zero-order chi connectivity index (χ0) is 23.7. The third-order valence-electron chi connectivity index (χ3n) is 5.67. The molecule has 2 heterocycles. The minimum absolute atomic E-state index is 0.266. The van der Waals surface area contributed by atoms with E-state index in [9.17, 15) is 18.0 Å². The van der Waals surface area contributed by atoms with Crippen LogP contribution in [0.3, 0.4) is 0 Å². The molecule has 4 nitrogen and oxygen atoms in total. The van der Waals surface area contributed by atoms with E-state index < -0.39 is 23.7 Å². The lowest BCUT2D eigenvalue weighted by molar-refractivity contribution is -0.138. The van der Waals surface area contributed by atoms with Crippen LogP contribution in [0.1, 0.15) is 33.2 Å². The molecule has 0 aliphatic rings. The van der Waals surface area contributed by atoms with Crippen molar-refractivity contribution in [3.05, 3.63) is 120 Å². The number of fused-ring (bicyclic) bond motifs is 2. The molecule has 34 heavy (non-hydrogen) atoms. The number of hydrogen-bond donors (Lipinski definition) is 1. The molecule has 0 aliphatic heterocycles. The van der Waals surface area contributed by atoms with Gasteiger partial charge in [-0.2, -0.15) is 13.2 Å². The van der Waals surface area contributed by atoms with Gasteiger partial charge in [-0.05, 0) is 52.7 Å². The molecule has 0 saturated carbocycles. The second-order valence-corrected chi connectivity index (χ2v) is 7.86. The summed E-state index contributed by atoms with van der Waals surface area (Å²) in [7, 11) is 0. The van der Waals surface area contributed by atoms with Gasteiger partial charge in [0.15, 0.2) is 0 Å². The van der Waals surface area contributed by atoms with Crippen LogP contribution in [0.5, 0.6) is 0 Å². The molecule has 0 aliphatic carbocycles. The number of alkyl halides is 3. The van der Waals surface area contributed by atoms with E-state index >= 15 is 0 Å². The van der Waals surface area contributed by atoms with Gasteiger partial charge in [-0.25, -0.2) is 0 Å². The molecule has 0 fully saturated rings. The van der Waals surface area contributed by atoms with Crippen molar-refractivity contribution in [2.75, 3.05) is 0 Å². The van der Waals surface area contributed by atoms with Gasteiger partial charge in [0.05, 0.1) is 22.8 Å². The molecule has 7 heteroatoms. The number of rotatable bonds is 4. The van der Waals surface area contributed by atoms with Crippen LogP contribution in [0.25, 0.3) is 21.7 Å². The van der Waals surface area contributed by atoms with Crippen LogP contribution >= 0.6 is 0 Å². The van der Waals surface area contributed by atoms with E-state index in [1.54, 1.807) is 42.6 Å². The SMILES string of the molecule is O=C(N[C@@H](c1ccc2ccccc2c1)c1ncccc1C(F)(F)F)c1ccc2cccnc2c1. The second-order valence-electron chi connectivity index (χ2n) is 7.86. The van der Waals surface area contributed by atoms with Crippen molar-refractivity contribution in [1.29, 1.82) is 0 Å². The van der Waals surface area contributed by atoms with Gasteiger partial charge in [-0.15, -0.1) is 0 Å². The summed E-state index contributed by atoms with van der Waals surface area (Å²) in [5, 5.41) is 5.42. The minimum atomic E-state index is -4.63. The Morgan fingerprint density at radius 3 is 2.29 bits per heavy atom. The monoisotopic (exact) mass is 457 g/mol. The summed E-state index contributed by atoms with van der Waals surface area (Å²) in [5.41, 5.74) is 0.244. The predicted molar refractivity (Wildman–Crippen MR) is 124 cm³/mol. The molecular formula is C27H18F3N3O. The quantitative estimate of drug-likeness (QED) is 0.344. The van der Waals surface area contributed by atoms with Crippen LogP contribution in [0.4, 0.5) is 13.2 Å². The van der Waals surface area contributed by atoms with Gasteiger partial charge in [0.1, 0.15) is 0 Å². The highest BCUT2D eigenvalue weighted by atomic mass is 19.4. The Morgan fingerprint density at radius 2 is 1.47 bits per heavy atom. The lowest BCUT2D eigenvalue weighted by Crippen LogP contribution is -2.31. The van der Waals surface area contributed by atoms with E-state index in [0.717, 1.165) is 22.2 Å². The van der Waals surface area contributed by atoms with Crippen LogP contribution in [-0.4, -0.2) is 15.9 Å². The molecule has 0 spiro atoms. The highest BCUT2D eigenvalue weighted by Crippen LogP contribution is 2.36. The summed E-state index contributed by atoms with van der Waals surface area (Å²) in [5.74, 6) is -0.524. The summed E-state index contributed by atoms with van der Waals surface area (Å²) in [6, 6.07) is 22.6. The van der Waals surface area contributed by atoms with Crippen molar-refractivity contribution in [3.8, 4) is 0 Å². The topological polar surface area (TPSA) is 54.9 Å². The van der Waals surface area contributed by atoms with Crippen molar-refractivity contribution in [2.45, 2.75) is 12.2 Å². The molecule has 3 aromatic carbocycles. The highest BCUT2D eigenvalue weighted by Gasteiger charge is 2.37. The summed E-state index contributed by atoms with van der Waals surface area (Å²) >= 11 is 0. The molecule has 5 aromatic rings. The first-order chi connectivity index (χ1) is 16.4. The van der Waals surface area contributed by atoms with Crippen LogP contribution in [0.2, 0.25) is 0 Å². The fourth-order valence-corrected chi connectivity index (χ4v) is 4.01. The van der Waals surface area contributed by atoms with E-state index in [1.165, 1.54) is 12.3 Å². The van der Waals surface area contributed by atoms with Crippen molar-refractivity contribution in [3.63, 3.8) is 0 Å². The third-order valence-corrected chi connectivity index (χ3v) is 5.67. The first kappa shape index (κ1) is 21.6. The van der Waals surface area contributed by atoms with Crippen LogP contribution in [0, 0.1) is 0 Å². The molecule has 0 unspecified atom stereocenters. The number of benzene rings is 3. The molecule has 1 atom stereocenters. The number of nitrogens with one attached hydrogen (secondary N) is 1. The van der Waals surface area contributed by atoms with Crippen molar-refractivity contribution >= 4 is 27.6 Å². The summed E-state index contributed by atoms with van der Waals surface area (Å²) in [6.45, 7) is 0. The summed E-state index contributed by atoms with van der Waals surface area (Å²) in [4.78, 5) is 21.5. The second kappa shape index (κ2) is 8.59. The number of hydrogen-bond acceptors (Lipinski definition) is 3.